The number of rotatable bonds is 3. The maximum Gasteiger partial charge on any atom is 0.171 e. The minimum Gasteiger partial charge on any atom is -0.224 e. The van der Waals surface area contributed by atoms with E-state index in [2.05, 4.69) is 0 Å². The van der Waals surface area contributed by atoms with Gasteiger partial charge in [0.15, 0.2) is 9.84 Å². The second-order valence-corrected chi connectivity index (χ2v) is 3.91. The summed E-state index contributed by atoms with van der Waals surface area (Å²) < 4.78 is 21.3. The third kappa shape index (κ3) is 4.21. The smallest absolute Gasteiger partial charge is 0.171 e. The first-order valence-electron chi connectivity index (χ1n) is 3.01. The molecule has 0 aromatic heterocycles. The van der Waals surface area contributed by atoms with Crippen LogP contribution >= 0.6 is 0 Å². The van der Waals surface area contributed by atoms with Gasteiger partial charge in [0.1, 0.15) is 0 Å². The summed E-state index contributed by atoms with van der Waals surface area (Å²) in [5, 5.41) is 1.27. The van der Waals surface area contributed by atoms with Crippen molar-refractivity contribution in [3.63, 3.8) is 0 Å². The Morgan fingerprint density at radius 2 is 1.89 bits per heavy atom. The molecule has 0 saturated carbocycles. The van der Waals surface area contributed by atoms with Gasteiger partial charge in [-0.05, 0) is 6.42 Å². The Kier molecular flexibility index (Phi) is 3.54. The lowest BCUT2D eigenvalue weighted by atomic mass is 10.5. The van der Waals surface area contributed by atoms with E-state index >= 15 is 0 Å². The van der Waals surface area contributed by atoms with E-state index in [0.717, 1.165) is 6.42 Å². The number of allylic oxidation sites excluding steroid dienone is 1. The van der Waals surface area contributed by atoms with Crippen molar-refractivity contribution >= 4 is 9.84 Å². The molecule has 0 bridgehead atoms. The van der Waals surface area contributed by atoms with Crippen molar-refractivity contribution in [3.8, 4) is 0 Å². The molecule has 3 heteroatoms. The minimum absolute atomic E-state index is 0.198. The summed E-state index contributed by atoms with van der Waals surface area (Å²) in [4.78, 5) is 0. The molecule has 0 aromatic carbocycles. The molecule has 0 radical (unpaired) electrons. The fraction of sp³-hybridized carbons (Fsp3) is 0.667. The van der Waals surface area contributed by atoms with E-state index in [1.165, 1.54) is 5.41 Å². The van der Waals surface area contributed by atoms with Crippen molar-refractivity contribution in [1.29, 1.82) is 0 Å². The van der Waals surface area contributed by atoms with Gasteiger partial charge in [0.2, 0.25) is 0 Å². The molecule has 9 heavy (non-hydrogen) atoms. The van der Waals surface area contributed by atoms with E-state index < -0.39 is 9.84 Å². The molecule has 0 spiro atoms. The third-order valence-electron chi connectivity index (χ3n) is 0.942. The topological polar surface area (TPSA) is 34.1 Å². The molecule has 0 aliphatic carbocycles. The van der Waals surface area contributed by atoms with Crippen molar-refractivity contribution in [2.75, 3.05) is 5.75 Å². The van der Waals surface area contributed by atoms with Gasteiger partial charge in [-0.15, -0.1) is 0 Å². The molecule has 0 aliphatic rings. The lowest BCUT2D eigenvalue weighted by Gasteiger charge is -1.87. The van der Waals surface area contributed by atoms with Crippen LogP contribution in [-0.4, -0.2) is 14.2 Å². The van der Waals surface area contributed by atoms with Gasteiger partial charge < -0.3 is 0 Å². The molecule has 0 unspecified atom stereocenters. The zero-order valence-corrected chi connectivity index (χ0v) is 6.61. The summed E-state index contributed by atoms with van der Waals surface area (Å²) in [5.74, 6) is 0.198. The number of hydrogen-bond donors (Lipinski definition) is 0. The normalized spacial score (nSPS) is 12.7. The van der Waals surface area contributed by atoms with Crippen LogP contribution in [0.3, 0.4) is 0 Å². The van der Waals surface area contributed by atoms with Gasteiger partial charge in [0.25, 0.3) is 0 Å². The Morgan fingerprint density at radius 1 is 1.33 bits per heavy atom. The molecule has 0 aromatic rings. The van der Waals surface area contributed by atoms with Crippen LogP contribution < -0.4 is 0 Å². The maximum absolute atomic E-state index is 10.7. The van der Waals surface area contributed by atoms with E-state index in [1.54, 1.807) is 13.0 Å². The number of hydrogen-bond acceptors (Lipinski definition) is 2. The van der Waals surface area contributed by atoms with E-state index in [9.17, 15) is 8.42 Å². The molecule has 0 amide bonds. The Balaban J connectivity index is 4.04. The van der Waals surface area contributed by atoms with Crippen LogP contribution in [-0.2, 0) is 9.84 Å². The van der Waals surface area contributed by atoms with Crippen LogP contribution in [0.2, 0.25) is 0 Å². The van der Waals surface area contributed by atoms with Gasteiger partial charge in [-0.3, -0.25) is 0 Å². The van der Waals surface area contributed by atoms with Crippen LogP contribution in [0.15, 0.2) is 11.5 Å². The third-order valence-corrected chi connectivity index (χ3v) is 2.35. The molecule has 0 aliphatic heterocycles. The maximum atomic E-state index is 10.7. The largest absolute Gasteiger partial charge is 0.224 e. The first-order chi connectivity index (χ1) is 4.12. The van der Waals surface area contributed by atoms with E-state index in [4.69, 9.17) is 0 Å². The summed E-state index contributed by atoms with van der Waals surface area (Å²) in [6, 6.07) is 0. The fourth-order valence-electron chi connectivity index (χ4n) is 0.339. The highest BCUT2D eigenvalue weighted by Gasteiger charge is 1.97. The quantitative estimate of drug-likeness (QED) is 0.605. The van der Waals surface area contributed by atoms with Gasteiger partial charge >= 0.3 is 0 Å². The van der Waals surface area contributed by atoms with Gasteiger partial charge in [-0.1, -0.05) is 19.9 Å². The van der Waals surface area contributed by atoms with Crippen molar-refractivity contribution in [1.82, 2.24) is 0 Å². The Hall–Kier alpha value is -0.310. The molecule has 2 nitrogen and oxygen atoms in total. The average molecular weight is 148 g/mol. The Labute approximate surface area is 56.5 Å². The Morgan fingerprint density at radius 3 is 2.22 bits per heavy atom. The van der Waals surface area contributed by atoms with Crippen molar-refractivity contribution < 1.29 is 8.42 Å². The van der Waals surface area contributed by atoms with Crippen LogP contribution in [0.5, 0.6) is 0 Å². The van der Waals surface area contributed by atoms with Gasteiger partial charge in [0.05, 0.1) is 5.75 Å². The first-order valence-corrected chi connectivity index (χ1v) is 4.73. The zero-order valence-electron chi connectivity index (χ0n) is 5.79. The molecule has 0 N–H and O–H groups in total. The lowest BCUT2D eigenvalue weighted by Crippen LogP contribution is -1.96. The van der Waals surface area contributed by atoms with Crippen molar-refractivity contribution in [3.05, 3.63) is 11.5 Å². The highest BCUT2D eigenvalue weighted by atomic mass is 32.2. The molecular weight excluding hydrogens is 136 g/mol. The highest BCUT2D eigenvalue weighted by Crippen LogP contribution is 1.92. The van der Waals surface area contributed by atoms with Crippen LogP contribution in [0.25, 0.3) is 0 Å². The predicted octanol–water partition coefficient (Wildman–Crippen LogP) is 1.34. The summed E-state index contributed by atoms with van der Waals surface area (Å²) in [6.45, 7) is 3.54. The van der Waals surface area contributed by atoms with Gasteiger partial charge in [-0.25, -0.2) is 8.42 Å². The van der Waals surface area contributed by atoms with Gasteiger partial charge in [0, 0.05) is 5.41 Å². The van der Waals surface area contributed by atoms with E-state index in [0.29, 0.717) is 0 Å². The predicted molar refractivity (Wildman–Crippen MR) is 38.9 cm³/mol. The SMILES string of the molecule is CCC=CS(=O)(=O)CC. The summed E-state index contributed by atoms with van der Waals surface area (Å²) >= 11 is 0. The van der Waals surface area contributed by atoms with Crippen LogP contribution in [0.4, 0.5) is 0 Å². The average Bonchev–Trinajstić information content (AvgIpc) is 1.84. The fourth-order valence-corrected chi connectivity index (χ4v) is 1.02. The number of sulfone groups is 1. The molecule has 0 fully saturated rings. The van der Waals surface area contributed by atoms with E-state index in [-0.39, 0.29) is 5.75 Å². The molecule has 0 rings (SSSR count). The second kappa shape index (κ2) is 3.67. The van der Waals surface area contributed by atoms with Crippen molar-refractivity contribution in [2.24, 2.45) is 0 Å². The monoisotopic (exact) mass is 148 g/mol. The van der Waals surface area contributed by atoms with E-state index in [1.807, 2.05) is 6.92 Å². The Bertz CT molecular complexity index is 177. The molecular formula is C6H12O2S. The molecule has 0 atom stereocenters. The standard InChI is InChI=1S/C6H12O2S/c1-3-5-6-9(7,8)4-2/h5-6H,3-4H2,1-2H3. The molecule has 0 heterocycles. The van der Waals surface area contributed by atoms with Gasteiger partial charge in [-0.2, -0.15) is 0 Å². The lowest BCUT2D eigenvalue weighted by molar-refractivity contribution is 0.605. The van der Waals surface area contributed by atoms with Crippen LogP contribution in [0.1, 0.15) is 20.3 Å². The molecule has 54 valence electrons. The summed E-state index contributed by atoms with van der Waals surface area (Å²) in [6.07, 6.45) is 2.43. The zero-order chi connectivity index (χ0) is 7.33. The van der Waals surface area contributed by atoms with Crippen molar-refractivity contribution in [2.45, 2.75) is 20.3 Å². The van der Waals surface area contributed by atoms with Crippen LogP contribution in [0, 0.1) is 0 Å². The highest BCUT2D eigenvalue weighted by molar-refractivity contribution is 7.94. The molecule has 0 saturated heterocycles. The second-order valence-electron chi connectivity index (χ2n) is 1.73. The summed E-state index contributed by atoms with van der Waals surface area (Å²) in [5.41, 5.74) is 0. The summed E-state index contributed by atoms with van der Waals surface area (Å²) in [7, 11) is -2.86. The minimum atomic E-state index is -2.86. The first kappa shape index (κ1) is 8.69.